The molecule has 0 saturated heterocycles. The first-order chi connectivity index (χ1) is 21.7. The first kappa shape index (κ1) is 32.0. The van der Waals surface area contributed by atoms with Gasteiger partial charge in [-0.15, -0.1) is 0 Å². The largest absolute Gasteiger partial charge is 0.493 e. The van der Waals surface area contributed by atoms with Gasteiger partial charge in [0.05, 0.1) is 54.3 Å². The van der Waals surface area contributed by atoms with Crippen molar-refractivity contribution in [1.29, 1.82) is 5.26 Å². The van der Waals surface area contributed by atoms with Crippen LogP contribution in [0.25, 0.3) is 6.08 Å². The Morgan fingerprint density at radius 3 is 2.58 bits per heavy atom. The molecule has 5 rings (SSSR count). The summed E-state index contributed by atoms with van der Waals surface area (Å²) in [6, 6.07) is 17.0. The number of rotatable bonds is 9. The molecule has 0 fully saturated rings. The minimum atomic E-state index is -0.880. The Hall–Kier alpha value is -4.37. The van der Waals surface area contributed by atoms with E-state index < -0.39 is 12.0 Å². The number of nitrogens with zero attached hydrogens (tertiary/aromatic N) is 3. The van der Waals surface area contributed by atoms with Gasteiger partial charge in [0.1, 0.15) is 12.4 Å². The summed E-state index contributed by atoms with van der Waals surface area (Å²) in [6.07, 6.45) is 1.69. The van der Waals surface area contributed by atoms with Crippen molar-refractivity contribution in [2.45, 2.75) is 26.5 Å². The number of benzene rings is 3. The molecule has 1 atom stereocenters. The SMILES string of the molecule is CCOC(=O)C1=C(C)N=c2s/c(=C\c3cc(Cl)ccc3OCc3ccccc3C#N)c(=O)n2[C@H]1c1cc(OC)c(OC)cc1Br. The fraction of sp³-hybridized carbons (Fsp3) is 0.212. The van der Waals surface area contributed by atoms with Gasteiger partial charge in [0.15, 0.2) is 16.3 Å². The zero-order chi connectivity index (χ0) is 32.2. The molecule has 3 aromatic carbocycles. The second kappa shape index (κ2) is 13.7. The van der Waals surface area contributed by atoms with Crippen LogP contribution in [0.5, 0.6) is 17.2 Å². The zero-order valence-electron chi connectivity index (χ0n) is 24.7. The smallest absolute Gasteiger partial charge is 0.338 e. The summed E-state index contributed by atoms with van der Waals surface area (Å²) in [5, 5.41) is 9.92. The van der Waals surface area contributed by atoms with Gasteiger partial charge in [-0.3, -0.25) is 9.36 Å². The van der Waals surface area contributed by atoms with Gasteiger partial charge < -0.3 is 18.9 Å². The van der Waals surface area contributed by atoms with Crippen LogP contribution in [0.1, 0.15) is 42.1 Å². The predicted octanol–water partition coefficient (Wildman–Crippen LogP) is 5.68. The van der Waals surface area contributed by atoms with Crippen LogP contribution < -0.4 is 29.1 Å². The summed E-state index contributed by atoms with van der Waals surface area (Å²) in [7, 11) is 3.04. The summed E-state index contributed by atoms with van der Waals surface area (Å²) in [6.45, 7) is 3.72. The van der Waals surface area contributed by atoms with E-state index in [1.54, 1.807) is 62.4 Å². The molecule has 0 radical (unpaired) electrons. The number of ether oxygens (including phenoxy) is 4. The van der Waals surface area contributed by atoms with E-state index in [0.717, 1.165) is 5.56 Å². The third kappa shape index (κ3) is 6.40. The second-order valence-corrected chi connectivity index (χ2v) is 12.1. The lowest BCUT2D eigenvalue weighted by molar-refractivity contribution is -0.139. The number of carbonyl (C=O) groups is 1. The zero-order valence-corrected chi connectivity index (χ0v) is 27.9. The van der Waals surface area contributed by atoms with Crippen molar-refractivity contribution in [2.75, 3.05) is 20.8 Å². The lowest BCUT2D eigenvalue weighted by atomic mass is 9.95. The van der Waals surface area contributed by atoms with E-state index >= 15 is 0 Å². The number of fused-ring (bicyclic) bond motifs is 1. The summed E-state index contributed by atoms with van der Waals surface area (Å²) in [5.41, 5.74) is 2.66. The lowest BCUT2D eigenvalue weighted by Gasteiger charge is -2.26. The van der Waals surface area contributed by atoms with Crippen LogP contribution in [-0.4, -0.2) is 31.4 Å². The monoisotopic (exact) mass is 707 g/mol. The molecule has 1 aliphatic heterocycles. The van der Waals surface area contributed by atoms with Crippen LogP contribution in [0.4, 0.5) is 0 Å². The van der Waals surface area contributed by atoms with Crippen LogP contribution in [0, 0.1) is 11.3 Å². The van der Waals surface area contributed by atoms with Crippen LogP contribution in [0.3, 0.4) is 0 Å². The van der Waals surface area contributed by atoms with Crippen molar-refractivity contribution in [1.82, 2.24) is 4.57 Å². The molecule has 0 bridgehead atoms. The van der Waals surface area contributed by atoms with Gasteiger partial charge in [-0.25, -0.2) is 9.79 Å². The van der Waals surface area contributed by atoms with Gasteiger partial charge in [0.25, 0.3) is 5.56 Å². The van der Waals surface area contributed by atoms with Gasteiger partial charge in [-0.05, 0) is 61.9 Å². The Labute approximate surface area is 276 Å². The maximum absolute atomic E-state index is 14.2. The van der Waals surface area contributed by atoms with E-state index in [1.165, 1.54) is 30.1 Å². The van der Waals surface area contributed by atoms with E-state index in [2.05, 4.69) is 27.0 Å². The van der Waals surface area contributed by atoms with E-state index in [-0.39, 0.29) is 24.3 Å². The first-order valence-corrected chi connectivity index (χ1v) is 15.7. The topological polar surface area (TPSA) is 112 Å². The van der Waals surface area contributed by atoms with Crippen molar-refractivity contribution in [2.24, 2.45) is 4.99 Å². The second-order valence-electron chi connectivity index (χ2n) is 9.77. The molecule has 0 unspecified atom stereocenters. The predicted molar refractivity (Wildman–Crippen MR) is 175 cm³/mol. The average Bonchev–Trinajstić information content (AvgIpc) is 3.33. The summed E-state index contributed by atoms with van der Waals surface area (Å²) < 4.78 is 25.0. The third-order valence-corrected chi connectivity index (χ3v) is 9.00. The number of allylic oxidation sites excluding steroid dienone is 1. The number of carbonyl (C=O) groups excluding carboxylic acids is 1. The van der Waals surface area contributed by atoms with Crippen molar-refractivity contribution in [3.63, 3.8) is 0 Å². The molecule has 0 amide bonds. The number of esters is 1. The summed E-state index contributed by atoms with van der Waals surface area (Å²) in [5.74, 6) is 0.794. The third-order valence-electron chi connectivity index (χ3n) is 7.09. The molecule has 1 aliphatic rings. The Balaban J connectivity index is 1.67. The van der Waals surface area contributed by atoms with Gasteiger partial charge >= 0.3 is 5.97 Å². The number of aromatic nitrogens is 1. The Morgan fingerprint density at radius 1 is 1.13 bits per heavy atom. The average molecular weight is 709 g/mol. The highest BCUT2D eigenvalue weighted by Gasteiger charge is 2.35. The fourth-order valence-corrected chi connectivity index (χ4v) is 6.74. The molecule has 4 aromatic rings. The van der Waals surface area contributed by atoms with E-state index in [1.807, 2.05) is 12.1 Å². The minimum Gasteiger partial charge on any atom is -0.493 e. The molecular weight excluding hydrogens is 682 g/mol. The number of nitriles is 1. The number of methoxy groups -OCH3 is 2. The number of hydrogen-bond donors (Lipinski definition) is 0. The van der Waals surface area contributed by atoms with Crippen molar-refractivity contribution in [3.8, 4) is 23.3 Å². The maximum Gasteiger partial charge on any atom is 0.338 e. The molecule has 0 aliphatic carbocycles. The Kier molecular flexibility index (Phi) is 9.77. The molecule has 12 heteroatoms. The lowest BCUT2D eigenvalue weighted by Crippen LogP contribution is -2.40. The fourth-order valence-electron chi connectivity index (χ4n) is 4.98. The molecule has 1 aromatic heterocycles. The van der Waals surface area contributed by atoms with E-state index in [9.17, 15) is 14.9 Å². The normalized spacial score (nSPS) is 14.3. The van der Waals surface area contributed by atoms with Crippen molar-refractivity contribution >= 4 is 50.9 Å². The molecule has 45 heavy (non-hydrogen) atoms. The van der Waals surface area contributed by atoms with Crippen molar-refractivity contribution in [3.05, 3.63) is 117 Å². The molecule has 9 nitrogen and oxygen atoms in total. The Bertz CT molecular complexity index is 2060. The van der Waals surface area contributed by atoms with Crippen LogP contribution in [-0.2, 0) is 16.1 Å². The van der Waals surface area contributed by atoms with Crippen LogP contribution in [0.2, 0.25) is 5.02 Å². The number of halogens is 2. The van der Waals surface area contributed by atoms with Crippen molar-refractivity contribution < 1.29 is 23.7 Å². The minimum absolute atomic E-state index is 0.142. The standard InChI is InChI=1S/C33H27BrClN3O6S/c1-5-43-32(40)29-18(2)37-33-38(30(29)23-14-26(41-3)27(42-4)15-24(23)34)31(39)28(45-33)13-21-12-22(35)10-11-25(21)44-17-20-9-7-6-8-19(20)16-36/h6-15,30H,5,17H2,1-4H3/b28-13-/t30-/m0/s1. The van der Waals surface area contributed by atoms with E-state index in [0.29, 0.717) is 58.5 Å². The molecule has 230 valence electrons. The summed E-state index contributed by atoms with van der Waals surface area (Å²) in [4.78, 5) is 32.6. The van der Waals surface area contributed by atoms with Gasteiger partial charge in [0.2, 0.25) is 0 Å². The summed E-state index contributed by atoms with van der Waals surface area (Å²) >= 11 is 11.1. The number of hydrogen-bond acceptors (Lipinski definition) is 9. The van der Waals surface area contributed by atoms with Crippen LogP contribution >= 0.6 is 38.9 Å². The maximum atomic E-state index is 14.2. The highest BCUT2D eigenvalue weighted by atomic mass is 79.9. The first-order valence-electron chi connectivity index (χ1n) is 13.7. The molecule has 0 N–H and O–H groups in total. The number of thiazole rings is 1. The molecule has 0 spiro atoms. The van der Waals surface area contributed by atoms with Gasteiger partial charge in [-0.1, -0.05) is 57.1 Å². The van der Waals surface area contributed by atoms with Crippen LogP contribution in [0.15, 0.2) is 80.1 Å². The molecular formula is C33H27BrClN3O6S. The van der Waals surface area contributed by atoms with Gasteiger partial charge in [-0.2, -0.15) is 5.26 Å². The Morgan fingerprint density at radius 2 is 1.87 bits per heavy atom. The van der Waals surface area contributed by atoms with Gasteiger partial charge in [0, 0.05) is 20.6 Å². The molecule has 2 heterocycles. The quantitative estimate of drug-likeness (QED) is 0.206. The van der Waals surface area contributed by atoms with E-state index in [4.69, 9.17) is 30.5 Å². The molecule has 0 saturated carbocycles. The highest BCUT2D eigenvalue weighted by molar-refractivity contribution is 9.10. The highest BCUT2D eigenvalue weighted by Crippen LogP contribution is 2.40.